The van der Waals surface area contributed by atoms with Gasteiger partial charge < -0.3 is 9.64 Å². The number of likely N-dealkylation sites (tertiary alicyclic amines) is 1. The van der Waals surface area contributed by atoms with Crippen LogP contribution in [0.25, 0.3) is 17.1 Å². The number of benzene rings is 1. The van der Waals surface area contributed by atoms with Gasteiger partial charge in [0.25, 0.3) is 5.56 Å². The summed E-state index contributed by atoms with van der Waals surface area (Å²) in [6.07, 6.45) is 8.25. The van der Waals surface area contributed by atoms with Crippen LogP contribution in [0.3, 0.4) is 0 Å². The minimum Gasteiger partial charge on any atom is -0.490 e. The van der Waals surface area contributed by atoms with E-state index >= 15 is 0 Å². The highest BCUT2D eigenvalue weighted by molar-refractivity contribution is 5.59. The van der Waals surface area contributed by atoms with E-state index in [-0.39, 0.29) is 11.7 Å². The third-order valence-electron chi connectivity index (χ3n) is 6.19. The van der Waals surface area contributed by atoms with Gasteiger partial charge in [0.1, 0.15) is 11.9 Å². The molecule has 1 saturated carbocycles. The van der Waals surface area contributed by atoms with Crippen molar-refractivity contribution < 1.29 is 4.74 Å². The van der Waals surface area contributed by atoms with E-state index in [0.717, 1.165) is 49.0 Å². The van der Waals surface area contributed by atoms with Crippen molar-refractivity contribution in [3.63, 3.8) is 0 Å². The van der Waals surface area contributed by atoms with Crippen LogP contribution in [0.15, 0.2) is 65.6 Å². The third-order valence-corrected chi connectivity index (χ3v) is 6.19. The zero-order chi connectivity index (χ0) is 20.3. The Bertz CT molecular complexity index is 1040. The number of rotatable bonds is 5. The van der Waals surface area contributed by atoms with E-state index in [1.54, 1.807) is 18.3 Å². The van der Waals surface area contributed by atoms with Crippen LogP contribution in [-0.2, 0) is 0 Å². The molecule has 1 aromatic carbocycles. The maximum absolute atomic E-state index is 12.2. The predicted octanol–water partition coefficient (Wildman–Crippen LogP) is 3.69. The molecule has 0 N–H and O–H groups in total. The maximum Gasteiger partial charge on any atom is 0.272 e. The lowest BCUT2D eigenvalue weighted by molar-refractivity contribution is 0.0493. The second-order valence-corrected chi connectivity index (χ2v) is 8.12. The molecule has 3 aromatic rings. The van der Waals surface area contributed by atoms with Crippen molar-refractivity contribution in [2.24, 2.45) is 0 Å². The molecule has 5 rings (SSSR count). The average Bonchev–Trinajstić information content (AvgIpc) is 2.75. The lowest BCUT2D eigenvalue weighted by atomic mass is 9.90. The van der Waals surface area contributed by atoms with E-state index in [1.807, 2.05) is 36.4 Å². The lowest BCUT2D eigenvalue weighted by Crippen LogP contribution is -2.46. The normalized spacial score (nSPS) is 18.1. The van der Waals surface area contributed by atoms with E-state index in [9.17, 15) is 4.79 Å². The van der Waals surface area contributed by atoms with Crippen molar-refractivity contribution in [1.82, 2.24) is 19.7 Å². The van der Waals surface area contributed by atoms with Crippen molar-refractivity contribution in [3.8, 4) is 22.8 Å². The van der Waals surface area contributed by atoms with Crippen LogP contribution >= 0.6 is 0 Å². The molecule has 0 bridgehead atoms. The summed E-state index contributed by atoms with van der Waals surface area (Å²) in [5.74, 6) is 1.40. The molecule has 1 saturated heterocycles. The van der Waals surface area contributed by atoms with Crippen molar-refractivity contribution in [1.29, 1.82) is 0 Å². The van der Waals surface area contributed by atoms with Crippen molar-refractivity contribution in [3.05, 3.63) is 71.1 Å². The molecule has 6 heteroatoms. The SMILES string of the molecule is O=c1ccc(-c2ccc(OC3CCN(C4CCC4)CC3)cc2)nn1-c1ccccn1. The molecule has 1 aliphatic carbocycles. The second-order valence-electron chi connectivity index (χ2n) is 8.12. The fourth-order valence-corrected chi connectivity index (χ4v) is 4.22. The molecule has 6 nitrogen and oxygen atoms in total. The number of pyridine rings is 1. The number of hydrogen-bond donors (Lipinski definition) is 0. The lowest BCUT2D eigenvalue weighted by Gasteiger charge is -2.41. The highest BCUT2D eigenvalue weighted by atomic mass is 16.5. The molecular formula is C24H26N4O2. The molecule has 1 aliphatic heterocycles. The fraction of sp³-hybridized carbons (Fsp3) is 0.375. The van der Waals surface area contributed by atoms with Gasteiger partial charge in [0, 0.05) is 37.0 Å². The number of hydrogen-bond acceptors (Lipinski definition) is 5. The summed E-state index contributed by atoms with van der Waals surface area (Å²) in [7, 11) is 0. The Hall–Kier alpha value is -2.99. The smallest absolute Gasteiger partial charge is 0.272 e. The summed E-state index contributed by atoms with van der Waals surface area (Å²) in [6, 6.07) is 17.5. The predicted molar refractivity (Wildman–Crippen MR) is 116 cm³/mol. The Morgan fingerprint density at radius 2 is 1.70 bits per heavy atom. The Morgan fingerprint density at radius 1 is 0.900 bits per heavy atom. The summed E-state index contributed by atoms with van der Waals surface area (Å²) in [6.45, 7) is 2.29. The molecule has 2 aromatic heterocycles. The average molecular weight is 402 g/mol. The minimum absolute atomic E-state index is 0.203. The maximum atomic E-state index is 12.2. The summed E-state index contributed by atoms with van der Waals surface area (Å²) in [5, 5.41) is 4.49. The molecule has 2 fully saturated rings. The largest absolute Gasteiger partial charge is 0.490 e. The molecule has 0 amide bonds. The molecule has 30 heavy (non-hydrogen) atoms. The highest BCUT2D eigenvalue weighted by Gasteiger charge is 2.29. The van der Waals surface area contributed by atoms with Gasteiger partial charge in [-0.25, -0.2) is 4.98 Å². The van der Waals surface area contributed by atoms with Crippen molar-refractivity contribution in [2.75, 3.05) is 13.1 Å². The standard InChI is InChI=1S/C24H26N4O2/c29-24-12-11-22(26-28(24)23-6-1-2-15-25-23)18-7-9-20(10-8-18)30-21-13-16-27(17-14-21)19-4-3-5-19/h1-2,6-12,15,19,21H,3-5,13-14,16-17H2. The first kappa shape index (κ1) is 19.0. The topological polar surface area (TPSA) is 60.2 Å². The summed E-state index contributed by atoms with van der Waals surface area (Å²) < 4.78 is 7.55. The minimum atomic E-state index is -0.203. The number of ether oxygens (including phenoxy) is 1. The number of piperidine rings is 1. The van der Waals surface area contributed by atoms with Gasteiger partial charge in [0.15, 0.2) is 5.82 Å². The van der Waals surface area contributed by atoms with Crippen molar-refractivity contribution in [2.45, 2.75) is 44.2 Å². The zero-order valence-corrected chi connectivity index (χ0v) is 17.0. The van der Waals surface area contributed by atoms with Crippen LogP contribution in [-0.4, -0.2) is 44.9 Å². The second kappa shape index (κ2) is 8.40. The monoisotopic (exact) mass is 402 g/mol. The Morgan fingerprint density at radius 3 is 2.37 bits per heavy atom. The molecule has 0 spiro atoms. The molecule has 0 unspecified atom stereocenters. The quantitative estimate of drug-likeness (QED) is 0.651. The van der Waals surface area contributed by atoms with Crippen LogP contribution < -0.4 is 10.3 Å². The molecule has 2 aliphatic rings. The Labute approximate surface area is 176 Å². The van der Waals surface area contributed by atoms with Crippen LogP contribution in [0.2, 0.25) is 0 Å². The first-order chi connectivity index (χ1) is 14.8. The van der Waals surface area contributed by atoms with E-state index in [0.29, 0.717) is 5.82 Å². The Kier molecular flexibility index (Phi) is 5.32. The van der Waals surface area contributed by atoms with Gasteiger partial charge in [-0.3, -0.25) is 4.79 Å². The van der Waals surface area contributed by atoms with Gasteiger partial charge in [-0.1, -0.05) is 12.5 Å². The molecule has 154 valence electrons. The van der Waals surface area contributed by atoms with Crippen molar-refractivity contribution >= 4 is 0 Å². The highest BCUT2D eigenvalue weighted by Crippen LogP contribution is 2.29. The van der Waals surface area contributed by atoms with E-state index in [4.69, 9.17) is 4.74 Å². The van der Waals surface area contributed by atoms with Crippen LogP contribution in [0, 0.1) is 0 Å². The number of aromatic nitrogens is 3. The zero-order valence-electron chi connectivity index (χ0n) is 17.0. The van der Waals surface area contributed by atoms with Gasteiger partial charge in [-0.2, -0.15) is 9.78 Å². The van der Waals surface area contributed by atoms with Crippen LogP contribution in [0.5, 0.6) is 5.75 Å². The van der Waals surface area contributed by atoms with Gasteiger partial charge >= 0.3 is 0 Å². The van der Waals surface area contributed by atoms with Crippen LogP contribution in [0.1, 0.15) is 32.1 Å². The fourth-order valence-electron chi connectivity index (χ4n) is 4.22. The molecule has 3 heterocycles. The number of nitrogens with zero attached hydrogens (tertiary/aromatic N) is 4. The van der Waals surface area contributed by atoms with Crippen LogP contribution in [0.4, 0.5) is 0 Å². The third kappa shape index (κ3) is 4.00. The first-order valence-electron chi connectivity index (χ1n) is 10.8. The molecular weight excluding hydrogens is 376 g/mol. The summed E-state index contributed by atoms with van der Waals surface area (Å²) >= 11 is 0. The summed E-state index contributed by atoms with van der Waals surface area (Å²) in [5.41, 5.74) is 1.46. The van der Waals surface area contributed by atoms with E-state index < -0.39 is 0 Å². The first-order valence-corrected chi connectivity index (χ1v) is 10.8. The van der Waals surface area contributed by atoms with E-state index in [2.05, 4.69) is 15.0 Å². The van der Waals surface area contributed by atoms with E-state index in [1.165, 1.54) is 30.0 Å². The van der Waals surface area contributed by atoms with Gasteiger partial charge in [-0.15, -0.1) is 0 Å². The summed E-state index contributed by atoms with van der Waals surface area (Å²) in [4.78, 5) is 19.1. The molecule has 0 atom stereocenters. The van der Waals surface area contributed by atoms with Gasteiger partial charge in [-0.05, 0) is 68.1 Å². The van der Waals surface area contributed by atoms with Gasteiger partial charge in [0.05, 0.1) is 5.69 Å². The molecule has 0 radical (unpaired) electrons. The van der Waals surface area contributed by atoms with Gasteiger partial charge in [0.2, 0.25) is 0 Å². The Balaban J connectivity index is 1.26.